The van der Waals surface area contributed by atoms with Crippen LogP contribution in [0, 0.1) is 13.8 Å². The number of rotatable bonds is 10. The van der Waals surface area contributed by atoms with E-state index in [1.54, 1.807) is 36.1 Å². The molecule has 36 heavy (non-hydrogen) atoms. The number of anilines is 1. The Hall–Kier alpha value is -3.01. The predicted molar refractivity (Wildman–Crippen MR) is 142 cm³/mol. The van der Waals surface area contributed by atoms with Gasteiger partial charge >= 0.3 is 0 Å². The molecule has 0 atom stereocenters. The molecule has 3 rings (SSSR count). The Bertz CT molecular complexity index is 1290. The highest BCUT2D eigenvalue weighted by Crippen LogP contribution is 2.27. The van der Waals surface area contributed by atoms with E-state index in [4.69, 9.17) is 9.84 Å². The highest BCUT2D eigenvalue weighted by atomic mass is 32.2. The third-order valence-electron chi connectivity index (χ3n) is 5.73. The van der Waals surface area contributed by atoms with Crippen LogP contribution in [0.1, 0.15) is 44.0 Å². The second kappa shape index (κ2) is 11.4. The van der Waals surface area contributed by atoms with Crippen molar-refractivity contribution in [3.05, 3.63) is 71.4 Å². The molecule has 1 N–H and O–H groups in total. The summed E-state index contributed by atoms with van der Waals surface area (Å²) in [4.78, 5) is 13.4. The molecular weight excluding hydrogens is 476 g/mol. The zero-order valence-electron chi connectivity index (χ0n) is 21.9. The lowest BCUT2D eigenvalue weighted by Crippen LogP contribution is -2.39. The summed E-state index contributed by atoms with van der Waals surface area (Å²) >= 11 is 0. The van der Waals surface area contributed by atoms with E-state index in [0.717, 1.165) is 22.5 Å². The SMILES string of the molecule is COCCCN(CC(=O)Nc1cc(C(C)(C)C)nn1-c1cccc(C)c1)S(=O)(=O)c1ccc(C)cc1. The Morgan fingerprint density at radius 1 is 1.06 bits per heavy atom. The van der Waals surface area contributed by atoms with Gasteiger partial charge < -0.3 is 10.1 Å². The van der Waals surface area contributed by atoms with Gasteiger partial charge in [0, 0.05) is 31.7 Å². The molecular formula is C27H36N4O4S. The van der Waals surface area contributed by atoms with Crippen molar-refractivity contribution >= 4 is 21.7 Å². The summed E-state index contributed by atoms with van der Waals surface area (Å²) in [5.41, 5.74) is 3.39. The molecule has 0 saturated heterocycles. The molecule has 0 spiro atoms. The average molecular weight is 513 g/mol. The van der Waals surface area contributed by atoms with E-state index in [0.29, 0.717) is 18.8 Å². The highest BCUT2D eigenvalue weighted by Gasteiger charge is 2.27. The largest absolute Gasteiger partial charge is 0.385 e. The fraction of sp³-hybridized carbons (Fsp3) is 0.407. The number of amides is 1. The van der Waals surface area contributed by atoms with Crippen LogP contribution in [-0.4, -0.2) is 55.2 Å². The predicted octanol–water partition coefficient (Wildman–Crippen LogP) is 4.45. The summed E-state index contributed by atoms with van der Waals surface area (Å²) in [6.07, 6.45) is 0.463. The molecule has 0 aliphatic heterocycles. The Labute approximate surface area is 214 Å². The standard InChI is InChI=1S/C27H36N4O4S/c1-20-11-13-23(14-12-20)36(33,34)30(15-8-16-35-6)19-26(32)28-25-18-24(27(3,4)5)29-31(25)22-10-7-9-21(2)17-22/h7,9-14,17-18H,8,15-16,19H2,1-6H3,(H,28,32). The molecule has 194 valence electrons. The first-order valence-electron chi connectivity index (χ1n) is 11.9. The molecule has 3 aromatic rings. The van der Waals surface area contributed by atoms with Gasteiger partial charge in [-0.3, -0.25) is 4.79 Å². The van der Waals surface area contributed by atoms with Crippen LogP contribution >= 0.6 is 0 Å². The highest BCUT2D eigenvalue weighted by molar-refractivity contribution is 7.89. The van der Waals surface area contributed by atoms with Gasteiger partial charge in [-0.15, -0.1) is 0 Å². The van der Waals surface area contributed by atoms with Crippen LogP contribution in [0.15, 0.2) is 59.5 Å². The van der Waals surface area contributed by atoms with Gasteiger partial charge in [0.05, 0.1) is 22.8 Å². The zero-order chi connectivity index (χ0) is 26.5. The molecule has 0 fully saturated rings. The van der Waals surface area contributed by atoms with E-state index >= 15 is 0 Å². The number of carbonyl (C=O) groups is 1. The summed E-state index contributed by atoms with van der Waals surface area (Å²) < 4.78 is 34.7. The number of nitrogens with zero attached hydrogens (tertiary/aromatic N) is 3. The van der Waals surface area contributed by atoms with Crippen molar-refractivity contribution in [2.24, 2.45) is 0 Å². The van der Waals surface area contributed by atoms with Crippen molar-refractivity contribution in [3.8, 4) is 5.69 Å². The minimum absolute atomic E-state index is 0.151. The number of ether oxygens (including phenoxy) is 1. The molecule has 8 nitrogen and oxygen atoms in total. The van der Waals surface area contributed by atoms with Crippen LogP contribution in [0.25, 0.3) is 5.69 Å². The normalized spacial score (nSPS) is 12.2. The Kier molecular flexibility index (Phi) is 8.71. The monoisotopic (exact) mass is 512 g/mol. The molecule has 0 aliphatic rings. The van der Waals surface area contributed by atoms with Gasteiger partial charge in [0.25, 0.3) is 0 Å². The number of methoxy groups -OCH3 is 1. The number of benzene rings is 2. The van der Waals surface area contributed by atoms with Gasteiger partial charge in [0.1, 0.15) is 5.82 Å². The van der Waals surface area contributed by atoms with Gasteiger partial charge in [0.15, 0.2) is 0 Å². The average Bonchev–Trinajstić information content (AvgIpc) is 3.23. The Balaban J connectivity index is 1.90. The number of hydrogen-bond donors (Lipinski definition) is 1. The van der Waals surface area contributed by atoms with E-state index in [2.05, 4.69) is 5.32 Å². The van der Waals surface area contributed by atoms with Crippen LogP contribution in [0.4, 0.5) is 5.82 Å². The van der Waals surface area contributed by atoms with Gasteiger partial charge in [-0.25, -0.2) is 13.1 Å². The summed E-state index contributed by atoms with van der Waals surface area (Å²) in [5, 5.41) is 7.64. The van der Waals surface area contributed by atoms with Gasteiger partial charge in [0.2, 0.25) is 15.9 Å². The number of hydrogen-bond acceptors (Lipinski definition) is 5. The van der Waals surface area contributed by atoms with E-state index in [1.165, 1.54) is 4.31 Å². The fourth-order valence-electron chi connectivity index (χ4n) is 3.66. The molecule has 2 aromatic carbocycles. The minimum Gasteiger partial charge on any atom is -0.385 e. The molecule has 1 amide bonds. The zero-order valence-corrected chi connectivity index (χ0v) is 22.7. The van der Waals surface area contributed by atoms with Crippen LogP contribution in [0.5, 0.6) is 0 Å². The van der Waals surface area contributed by atoms with Crippen molar-refractivity contribution in [1.82, 2.24) is 14.1 Å². The molecule has 1 aromatic heterocycles. The van der Waals surface area contributed by atoms with Gasteiger partial charge in [-0.05, 0) is 50.1 Å². The molecule has 9 heteroatoms. The second-order valence-corrected chi connectivity index (χ2v) is 11.9. The second-order valence-electron chi connectivity index (χ2n) is 9.96. The minimum atomic E-state index is -3.88. The Morgan fingerprint density at radius 2 is 1.75 bits per heavy atom. The van der Waals surface area contributed by atoms with Gasteiger partial charge in [-0.2, -0.15) is 9.40 Å². The lowest BCUT2D eigenvalue weighted by molar-refractivity contribution is -0.116. The third kappa shape index (κ3) is 6.81. The summed E-state index contributed by atoms with van der Waals surface area (Å²) in [5.74, 6) is 0.0393. The topological polar surface area (TPSA) is 93.5 Å². The van der Waals surface area contributed by atoms with Gasteiger partial charge in [-0.1, -0.05) is 50.6 Å². The van der Waals surface area contributed by atoms with Crippen molar-refractivity contribution in [2.45, 2.75) is 51.3 Å². The molecule has 0 radical (unpaired) electrons. The van der Waals surface area contributed by atoms with E-state index < -0.39 is 15.9 Å². The van der Waals surface area contributed by atoms with Crippen LogP contribution < -0.4 is 5.32 Å². The number of carbonyl (C=O) groups excluding carboxylic acids is 1. The van der Waals surface area contributed by atoms with Crippen molar-refractivity contribution in [1.29, 1.82) is 0 Å². The molecule has 1 heterocycles. The summed E-state index contributed by atoms with van der Waals surface area (Å²) in [7, 11) is -2.32. The quantitative estimate of drug-likeness (QED) is 0.405. The smallest absolute Gasteiger partial charge is 0.243 e. The maximum atomic E-state index is 13.4. The first kappa shape index (κ1) is 27.6. The van der Waals surface area contributed by atoms with Crippen LogP contribution in [0.3, 0.4) is 0 Å². The van der Waals surface area contributed by atoms with Crippen LogP contribution in [0.2, 0.25) is 0 Å². The third-order valence-corrected chi connectivity index (χ3v) is 7.59. The maximum Gasteiger partial charge on any atom is 0.243 e. The summed E-state index contributed by atoms with van der Waals surface area (Å²) in [6.45, 7) is 10.2. The number of aromatic nitrogens is 2. The lowest BCUT2D eigenvalue weighted by atomic mass is 9.92. The van der Waals surface area contributed by atoms with Crippen molar-refractivity contribution in [2.75, 3.05) is 32.1 Å². The first-order valence-corrected chi connectivity index (χ1v) is 13.4. The van der Waals surface area contributed by atoms with Crippen molar-refractivity contribution < 1.29 is 17.9 Å². The molecule has 0 unspecified atom stereocenters. The summed E-state index contributed by atoms with van der Waals surface area (Å²) in [6, 6.07) is 16.3. The first-order chi connectivity index (χ1) is 16.9. The number of nitrogens with one attached hydrogen (secondary N) is 1. The van der Waals surface area contributed by atoms with E-state index in [9.17, 15) is 13.2 Å². The maximum absolute atomic E-state index is 13.4. The molecule has 0 aliphatic carbocycles. The van der Waals surface area contributed by atoms with E-state index in [-0.39, 0.29) is 23.4 Å². The van der Waals surface area contributed by atoms with Crippen LogP contribution in [-0.2, 0) is 25.0 Å². The molecule has 0 bridgehead atoms. The van der Waals surface area contributed by atoms with Crippen molar-refractivity contribution in [3.63, 3.8) is 0 Å². The number of aryl methyl sites for hydroxylation is 2. The van der Waals surface area contributed by atoms with E-state index in [1.807, 2.05) is 65.0 Å². The Morgan fingerprint density at radius 3 is 2.36 bits per heavy atom. The lowest BCUT2D eigenvalue weighted by Gasteiger charge is -2.22. The fourth-order valence-corrected chi connectivity index (χ4v) is 5.10. The molecule has 0 saturated carbocycles. The number of sulfonamides is 1.